The Labute approximate surface area is 170 Å². The molecule has 154 valence electrons. The minimum atomic E-state index is -1.13. The Balaban J connectivity index is 2.06. The molecule has 2 aromatic carbocycles. The van der Waals surface area contributed by atoms with Gasteiger partial charge in [0.1, 0.15) is 18.7 Å². The first-order valence-corrected chi connectivity index (χ1v) is 9.41. The Kier molecular flexibility index (Phi) is 8.21. The first-order valence-electron chi connectivity index (χ1n) is 9.41. The van der Waals surface area contributed by atoms with E-state index in [1.807, 2.05) is 60.7 Å². The first kappa shape index (κ1) is 21.9. The lowest BCUT2D eigenvalue weighted by Gasteiger charge is -2.23. The van der Waals surface area contributed by atoms with Crippen LogP contribution in [0.3, 0.4) is 0 Å². The topological polar surface area (TPSA) is 105 Å². The third-order valence-electron chi connectivity index (χ3n) is 4.33. The lowest BCUT2D eigenvalue weighted by molar-refractivity contribution is -0.143. The predicted molar refractivity (Wildman–Crippen MR) is 108 cm³/mol. The molecule has 2 aromatic rings. The van der Waals surface area contributed by atoms with E-state index in [-0.39, 0.29) is 18.9 Å². The molecule has 0 aromatic heterocycles. The molecule has 2 amide bonds. The van der Waals surface area contributed by atoms with E-state index in [4.69, 9.17) is 4.74 Å². The average Bonchev–Trinajstić information content (AvgIpc) is 2.71. The fourth-order valence-corrected chi connectivity index (χ4v) is 2.73. The summed E-state index contributed by atoms with van der Waals surface area (Å²) in [7, 11) is 0. The van der Waals surface area contributed by atoms with E-state index in [0.29, 0.717) is 0 Å². The van der Waals surface area contributed by atoms with Gasteiger partial charge in [0.05, 0.1) is 0 Å². The molecule has 0 aliphatic rings. The second kappa shape index (κ2) is 10.8. The number of carbonyl (C=O) groups is 3. The summed E-state index contributed by atoms with van der Waals surface area (Å²) in [6.45, 7) is 3.47. The van der Waals surface area contributed by atoms with Crippen molar-refractivity contribution in [3.8, 4) is 0 Å². The third kappa shape index (κ3) is 7.29. The summed E-state index contributed by atoms with van der Waals surface area (Å²) in [6.07, 6.45) is -0.543. The Morgan fingerprint density at radius 2 is 1.45 bits per heavy atom. The number of carboxylic acids is 1. The van der Waals surface area contributed by atoms with Crippen LogP contribution in [0.15, 0.2) is 60.7 Å². The molecule has 0 aliphatic carbocycles. The Morgan fingerprint density at radius 1 is 0.897 bits per heavy atom. The largest absolute Gasteiger partial charge is 0.480 e. The standard InChI is InChI=1S/C22H26N2O5/c1-15(2)19(21(26)27)24-20(25)18(13-16-9-5-3-6-10-16)23-22(28)29-14-17-11-7-4-8-12-17/h3-12,15,18-19H,13-14H2,1-2H3,(H,23,28)(H,24,25)(H,26,27)/t18?,19-/m0/s1. The van der Waals surface area contributed by atoms with E-state index in [1.54, 1.807) is 13.8 Å². The first-order chi connectivity index (χ1) is 13.9. The summed E-state index contributed by atoms with van der Waals surface area (Å²) in [5.41, 5.74) is 1.64. The predicted octanol–water partition coefficient (Wildman–Crippen LogP) is 2.75. The van der Waals surface area contributed by atoms with Gasteiger partial charge < -0.3 is 20.5 Å². The summed E-state index contributed by atoms with van der Waals surface area (Å²) >= 11 is 0. The van der Waals surface area contributed by atoms with E-state index < -0.39 is 30.1 Å². The fourth-order valence-electron chi connectivity index (χ4n) is 2.73. The van der Waals surface area contributed by atoms with Gasteiger partial charge in [-0.05, 0) is 17.0 Å². The Bertz CT molecular complexity index is 808. The van der Waals surface area contributed by atoms with Crippen molar-refractivity contribution >= 4 is 18.0 Å². The summed E-state index contributed by atoms with van der Waals surface area (Å²) in [5.74, 6) is -2.01. The SMILES string of the molecule is CC(C)[C@H](NC(=O)C(Cc1ccccc1)NC(=O)OCc1ccccc1)C(=O)O. The molecule has 0 fully saturated rings. The second-order valence-electron chi connectivity index (χ2n) is 7.02. The molecule has 0 spiro atoms. The molecule has 0 heterocycles. The Hall–Kier alpha value is -3.35. The van der Waals surface area contributed by atoms with Crippen molar-refractivity contribution in [3.63, 3.8) is 0 Å². The molecule has 0 aliphatic heterocycles. The number of hydrogen-bond acceptors (Lipinski definition) is 4. The normalized spacial score (nSPS) is 12.7. The van der Waals surface area contributed by atoms with Gasteiger partial charge >= 0.3 is 12.1 Å². The number of carbonyl (C=O) groups excluding carboxylic acids is 2. The van der Waals surface area contributed by atoms with Crippen LogP contribution in [0.2, 0.25) is 0 Å². The molecule has 29 heavy (non-hydrogen) atoms. The van der Waals surface area contributed by atoms with Crippen molar-refractivity contribution < 1.29 is 24.2 Å². The van der Waals surface area contributed by atoms with Crippen molar-refractivity contribution in [1.82, 2.24) is 10.6 Å². The highest BCUT2D eigenvalue weighted by atomic mass is 16.5. The molecule has 2 rings (SSSR count). The van der Waals surface area contributed by atoms with E-state index in [9.17, 15) is 19.5 Å². The number of carboxylic acid groups (broad SMARTS) is 1. The van der Waals surface area contributed by atoms with Gasteiger partial charge in [-0.3, -0.25) is 4.79 Å². The third-order valence-corrected chi connectivity index (χ3v) is 4.33. The van der Waals surface area contributed by atoms with Crippen LogP contribution in [-0.2, 0) is 27.4 Å². The van der Waals surface area contributed by atoms with Crippen molar-refractivity contribution in [1.29, 1.82) is 0 Å². The van der Waals surface area contributed by atoms with Crippen LogP contribution in [0.5, 0.6) is 0 Å². The minimum absolute atomic E-state index is 0.0656. The smallest absolute Gasteiger partial charge is 0.408 e. The van der Waals surface area contributed by atoms with Gasteiger partial charge in [-0.2, -0.15) is 0 Å². The maximum Gasteiger partial charge on any atom is 0.408 e. The minimum Gasteiger partial charge on any atom is -0.480 e. The molecular formula is C22H26N2O5. The molecule has 2 atom stereocenters. The summed E-state index contributed by atoms with van der Waals surface area (Å²) in [5, 5.41) is 14.4. The van der Waals surface area contributed by atoms with E-state index in [1.165, 1.54) is 0 Å². The molecule has 3 N–H and O–H groups in total. The zero-order valence-electron chi connectivity index (χ0n) is 16.5. The van der Waals surface area contributed by atoms with Crippen molar-refractivity contribution in [2.75, 3.05) is 0 Å². The van der Waals surface area contributed by atoms with Gasteiger partial charge in [-0.15, -0.1) is 0 Å². The van der Waals surface area contributed by atoms with Gasteiger partial charge in [-0.1, -0.05) is 74.5 Å². The van der Waals surface area contributed by atoms with Crippen LogP contribution in [0, 0.1) is 5.92 Å². The number of hydrogen-bond donors (Lipinski definition) is 3. The highest BCUT2D eigenvalue weighted by Crippen LogP contribution is 2.08. The molecule has 0 saturated carbocycles. The maximum absolute atomic E-state index is 12.7. The fraction of sp³-hybridized carbons (Fsp3) is 0.318. The molecular weight excluding hydrogens is 372 g/mol. The van der Waals surface area contributed by atoms with Crippen molar-refractivity contribution in [3.05, 3.63) is 71.8 Å². The number of alkyl carbamates (subject to hydrolysis) is 1. The van der Waals surface area contributed by atoms with E-state index in [0.717, 1.165) is 11.1 Å². The number of nitrogens with one attached hydrogen (secondary N) is 2. The maximum atomic E-state index is 12.7. The van der Waals surface area contributed by atoms with Gasteiger partial charge in [0, 0.05) is 6.42 Å². The van der Waals surface area contributed by atoms with Crippen LogP contribution in [0.25, 0.3) is 0 Å². The molecule has 0 bridgehead atoms. The number of aliphatic carboxylic acids is 1. The number of benzene rings is 2. The average molecular weight is 398 g/mol. The zero-order valence-corrected chi connectivity index (χ0v) is 16.5. The molecule has 0 saturated heterocycles. The van der Waals surface area contributed by atoms with Crippen LogP contribution >= 0.6 is 0 Å². The Morgan fingerprint density at radius 3 is 1.97 bits per heavy atom. The number of amides is 2. The highest BCUT2D eigenvalue weighted by molar-refractivity contribution is 5.89. The lowest BCUT2D eigenvalue weighted by atomic mass is 10.0. The van der Waals surface area contributed by atoms with Gasteiger partial charge in [0.25, 0.3) is 0 Å². The number of ether oxygens (including phenoxy) is 1. The number of rotatable bonds is 9. The molecule has 7 nitrogen and oxygen atoms in total. The lowest BCUT2D eigenvalue weighted by Crippen LogP contribution is -2.53. The second-order valence-corrected chi connectivity index (χ2v) is 7.02. The van der Waals surface area contributed by atoms with Gasteiger partial charge in [-0.25, -0.2) is 9.59 Å². The van der Waals surface area contributed by atoms with E-state index in [2.05, 4.69) is 10.6 Å². The summed E-state index contributed by atoms with van der Waals surface area (Å²) in [6, 6.07) is 16.3. The quantitative estimate of drug-likeness (QED) is 0.602. The summed E-state index contributed by atoms with van der Waals surface area (Å²) in [4.78, 5) is 36.4. The van der Waals surface area contributed by atoms with Gasteiger partial charge in [0.15, 0.2) is 0 Å². The van der Waals surface area contributed by atoms with Crippen molar-refractivity contribution in [2.24, 2.45) is 5.92 Å². The molecule has 0 radical (unpaired) electrons. The summed E-state index contributed by atoms with van der Waals surface area (Å²) < 4.78 is 5.20. The zero-order chi connectivity index (χ0) is 21.2. The van der Waals surface area contributed by atoms with Crippen LogP contribution in [-0.4, -0.2) is 35.2 Å². The van der Waals surface area contributed by atoms with Crippen LogP contribution in [0.1, 0.15) is 25.0 Å². The highest BCUT2D eigenvalue weighted by Gasteiger charge is 2.29. The van der Waals surface area contributed by atoms with Crippen LogP contribution in [0.4, 0.5) is 4.79 Å². The molecule has 7 heteroatoms. The van der Waals surface area contributed by atoms with E-state index >= 15 is 0 Å². The van der Waals surface area contributed by atoms with Gasteiger partial charge in [0.2, 0.25) is 5.91 Å². The molecule has 1 unspecified atom stereocenters. The monoisotopic (exact) mass is 398 g/mol. The van der Waals surface area contributed by atoms with Crippen molar-refractivity contribution in [2.45, 2.75) is 39.0 Å². The van der Waals surface area contributed by atoms with Crippen LogP contribution < -0.4 is 10.6 Å².